The number of aromatic nitrogens is 4. The molecule has 0 aromatic carbocycles. The molecular weight excluding hydrogens is 310 g/mol. The zero-order chi connectivity index (χ0) is 15.8. The second kappa shape index (κ2) is 4.36. The third-order valence-electron chi connectivity index (χ3n) is 5.21. The van der Waals surface area contributed by atoms with Gasteiger partial charge in [-0.05, 0) is 38.2 Å². The molecule has 1 aliphatic carbocycles. The molecule has 7 heteroatoms. The summed E-state index contributed by atoms with van der Waals surface area (Å²) in [6, 6.07) is 0. The Bertz CT molecular complexity index is 942. The number of aliphatic hydroxyl groups is 1. The summed E-state index contributed by atoms with van der Waals surface area (Å²) in [5, 5.41) is 20.2. The van der Waals surface area contributed by atoms with Crippen LogP contribution in [0.25, 0.3) is 20.4 Å². The molecule has 1 saturated carbocycles. The molecule has 0 bridgehead atoms. The van der Waals surface area contributed by atoms with Gasteiger partial charge in [0.1, 0.15) is 22.6 Å². The zero-order valence-corrected chi connectivity index (χ0v) is 13.9. The van der Waals surface area contributed by atoms with Crippen LogP contribution >= 0.6 is 11.3 Å². The summed E-state index contributed by atoms with van der Waals surface area (Å²) in [4.78, 5) is 12.1. The minimum atomic E-state index is -0.514. The van der Waals surface area contributed by atoms with E-state index in [0.29, 0.717) is 19.0 Å². The number of hydrogen-bond acceptors (Lipinski definition) is 7. The van der Waals surface area contributed by atoms with Crippen molar-refractivity contribution in [2.75, 3.05) is 18.0 Å². The Balaban J connectivity index is 1.64. The molecule has 1 aliphatic heterocycles. The number of aryl methyl sites for hydroxylation is 2. The van der Waals surface area contributed by atoms with Crippen LogP contribution in [-0.4, -0.2) is 44.0 Å². The summed E-state index contributed by atoms with van der Waals surface area (Å²) in [7, 11) is 0. The quantitative estimate of drug-likeness (QED) is 0.778. The van der Waals surface area contributed by atoms with Crippen LogP contribution in [0.1, 0.15) is 24.1 Å². The summed E-state index contributed by atoms with van der Waals surface area (Å²) in [5.41, 5.74) is 2.50. The van der Waals surface area contributed by atoms with Gasteiger partial charge in [-0.1, -0.05) is 0 Å². The van der Waals surface area contributed by atoms with Gasteiger partial charge in [-0.25, -0.2) is 9.97 Å². The van der Waals surface area contributed by atoms with Crippen LogP contribution in [0.4, 0.5) is 5.82 Å². The summed E-state index contributed by atoms with van der Waals surface area (Å²) < 4.78 is 1.04. The molecule has 3 aromatic rings. The highest BCUT2D eigenvalue weighted by Crippen LogP contribution is 2.47. The molecular formula is C16H17N5OS. The van der Waals surface area contributed by atoms with E-state index in [1.807, 2.05) is 6.92 Å². The number of thiophene rings is 1. The molecule has 0 spiro atoms. The molecule has 4 heterocycles. The predicted octanol–water partition coefficient (Wildman–Crippen LogP) is 2.21. The summed E-state index contributed by atoms with van der Waals surface area (Å²) >= 11 is 1.59. The molecule has 118 valence electrons. The normalized spacial score (nSPS) is 20.2. The lowest BCUT2D eigenvalue weighted by molar-refractivity contribution is -0.00956. The van der Waals surface area contributed by atoms with Crippen LogP contribution < -0.4 is 4.90 Å². The molecule has 3 aromatic heterocycles. The molecule has 1 saturated heterocycles. The Kier molecular flexibility index (Phi) is 2.57. The van der Waals surface area contributed by atoms with Crippen molar-refractivity contribution in [1.29, 1.82) is 0 Å². The van der Waals surface area contributed by atoms with Crippen LogP contribution in [0, 0.1) is 19.8 Å². The molecule has 0 unspecified atom stereocenters. The van der Waals surface area contributed by atoms with Crippen LogP contribution in [0.2, 0.25) is 0 Å². The van der Waals surface area contributed by atoms with Crippen molar-refractivity contribution < 1.29 is 5.11 Å². The van der Waals surface area contributed by atoms with Crippen molar-refractivity contribution in [3.05, 3.63) is 17.6 Å². The number of β-amino-alcohol motifs (C(OH)–C–C–N with tert-alkyl or cyclic N) is 1. The summed E-state index contributed by atoms with van der Waals surface area (Å²) in [5.74, 6) is 1.40. The lowest BCUT2D eigenvalue weighted by Crippen LogP contribution is -2.63. The fraction of sp³-hybridized carbons (Fsp3) is 0.500. The van der Waals surface area contributed by atoms with E-state index in [0.717, 1.165) is 50.4 Å². The second-order valence-corrected chi connectivity index (χ2v) is 7.80. The minimum Gasteiger partial charge on any atom is -0.386 e. The second-order valence-electron chi connectivity index (χ2n) is 6.80. The molecule has 2 fully saturated rings. The van der Waals surface area contributed by atoms with E-state index in [4.69, 9.17) is 0 Å². The Morgan fingerprint density at radius 3 is 2.74 bits per heavy atom. The molecule has 0 radical (unpaired) electrons. The number of hydrogen-bond donors (Lipinski definition) is 1. The Morgan fingerprint density at radius 2 is 2.00 bits per heavy atom. The maximum atomic E-state index is 10.6. The SMILES string of the molecule is Cc1nnc2sc3c(N4CC(O)(C5CC5)C4)ncnc3c2c1C. The first-order chi connectivity index (χ1) is 11.1. The van der Waals surface area contributed by atoms with E-state index in [9.17, 15) is 5.11 Å². The predicted molar refractivity (Wildman–Crippen MR) is 89.9 cm³/mol. The van der Waals surface area contributed by atoms with Gasteiger partial charge in [0.25, 0.3) is 0 Å². The zero-order valence-electron chi connectivity index (χ0n) is 13.1. The van der Waals surface area contributed by atoms with Gasteiger partial charge in [-0.2, -0.15) is 5.10 Å². The van der Waals surface area contributed by atoms with Crippen LogP contribution in [-0.2, 0) is 0 Å². The molecule has 5 rings (SSSR count). The molecule has 2 aliphatic rings. The van der Waals surface area contributed by atoms with Gasteiger partial charge >= 0.3 is 0 Å². The average Bonchev–Trinajstić information content (AvgIpc) is 3.28. The van der Waals surface area contributed by atoms with E-state index in [1.54, 1.807) is 17.7 Å². The van der Waals surface area contributed by atoms with E-state index >= 15 is 0 Å². The molecule has 0 atom stereocenters. The lowest BCUT2D eigenvalue weighted by Gasteiger charge is -2.47. The topological polar surface area (TPSA) is 75.0 Å². The highest BCUT2D eigenvalue weighted by atomic mass is 32.1. The van der Waals surface area contributed by atoms with E-state index in [-0.39, 0.29) is 0 Å². The Labute approximate surface area is 137 Å². The van der Waals surface area contributed by atoms with Gasteiger partial charge in [0, 0.05) is 5.39 Å². The van der Waals surface area contributed by atoms with E-state index in [1.165, 1.54) is 0 Å². The Hall–Kier alpha value is -1.86. The van der Waals surface area contributed by atoms with Crippen LogP contribution in [0.5, 0.6) is 0 Å². The monoisotopic (exact) mass is 327 g/mol. The maximum Gasteiger partial charge on any atom is 0.150 e. The van der Waals surface area contributed by atoms with Crippen molar-refractivity contribution in [2.45, 2.75) is 32.3 Å². The van der Waals surface area contributed by atoms with Gasteiger partial charge in [-0.15, -0.1) is 16.4 Å². The van der Waals surface area contributed by atoms with Gasteiger partial charge in [0.15, 0.2) is 0 Å². The van der Waals surface area contributed by atoms with Crippen LogP contribution in [0.15, 0.2) is 6.33 Å². The van der Waals surface area contributed by atoms with E-state index in [2.05, 4.69) is 32.0 Å². The number of rotatable bonds is 2. The molecule has 6 nitrogen and oxygen atoms in total. The van der Waals surface area contributed by atoms with Gasteiger partial charge in [-0.3, -0.25) is 0 Å². The van der Waals surface area contributed by atoms with Crippen molar-refractivity contribution in [3.8, 4) is 0 Å². The first-order valence-corrected chi connectivity index (χ1v) is 8.73. The first kappa shape index (κ1) is 13.6. The molecule has 0 amide bonds. The van der Waals surface area contributed by atoms with Gasteiger partial charge in [0.05, 0.1) is 29.0 Å². The van der Waals surface area contributed by atoms with Crippen LogP contribution in [0.3, 0.4) is 0 Å². The maximum absolute atomic E-state index is 10.6. The third-order valence-corrected chi connectivity index (χ3v) is 6.27. The van der Waals surface area contributed by atoms with Gasteiger partial charge in [0.2, 0.25) is 0 Å². The van der Waals surface area contributed by atoms with Crippen molar-refractivity contribution in [3.63, 3.8) is 0 Å². The number of nitrogens with zero attached hydrogens (tertiary/aromatic N) is 5. The largest absolute Gasteiger partial charge is 0.386 e. The summed E-state index contributed by atoms with van der Waals surface area (Å²) in [6.45, 7) is 5.37. The third kappa shape index (κ3) is 1.83. The highest BCUT2D eigenvalue weighted by molar-refractivity contribution is 7.26. The van der Waals surface area contributed by atoms with Crippen molar-refractivity contribution in [1.82, 2.24) is 20.2 Å². The summed E-state index contributed by atoms with van der Waals surface area (Å²) in [6.07, 6.45) is 3.93. The minimum absolute atomic E-state index is 0.481. The number of anilines is 1. The standard InChI is InChI=1S/C16H17N5OS/c1-8-9(2)19-20-15-11(8)12-13(23-15)14(18-7-17-12)21-5-16(22,6-21)10-3-4-10/h7,10,22H,3-6H2,1-2H3. The average molecular weight is 327 g/mol. The lowest BCUT2D eigenvalue weighted by atomic mass is 9.89. The fourth-order valence-electron chi connectivity index (χ4n) is 3.54. The van der Waals surface area contributed by atoms with Gasteiger partial charge < -0.3 is 10.0 Å². The Morgan fingerprint density at radius 1 is 1.22 bits per heavy atom. The van der Waals surface area contributed by atoms with Crippen molar-refractivity contribution >= 4 is 37.6 Å². The molecule has 1 N–H and O–H groups in total. The fourth-order valence-corrected chi connectivity index (χ4v) is 4.69. The first-order valence-electron chi connectivity index (χ1n) is 7.91. The molecule has 23 heavy (non-hydrogen) atoms. The van der Waals surface area contributed by atoms with Crippen molar-refractivity contribution in [2.24, 2.45) is 5.92 Å². The number of fused-ring (bicyclic) bond motifs is 3. The van der Waals surface area contributed by atoms with E-state index < -0.39 is 5.60 Å². The highest BCUT2D eigenvalue weighted by Gasteiger charge is 2.52. The smallest absolute Gasteiger partial charge is 0.150 e.